The smallest absolute Gasteiger partial charge is 0.317 e. The third-order valence-electron chi connectivity index (χ3n) is 4.23. The summed E-state index contributed by atoms with van der Waals surface area (Å²) in [7, 11) is 0. The van der Waals surface area contributed by atoms with Crippen molar-refractivity contribution >= 4 is 39.3 Å². The number of thioether (sulfide) groups is 1. The predicted octanol–water partition coefficient (Wildman–Crippen LogP) is 4.57. The first kappa shape index (κ1) is 19.4. The lowest BCUT2D eigenvalue weighted by Crippen LogP contribution is -2.25. The van der Waals surface area contributed by atoms with Crippen LogP contribution >= 0.6 is 23.1 Å². The van der Waals surface area contributed by atoms with Gasteiger partial charge in [0.25, 0.3) is 5.56 Å². The van der Waals surface area contributed by atoms with Crippen LogP contribution in [0.15, 0.2) is 52.3 Å². The van der Waals surface area contributed by atoms with Crippen molar-refractivity contribution < 1.29 is 9.90 Å². The van der Waals surface area contributed by atoms with Gasteiger partial charge in [-0.3, -0.25) is 14.2 Å². The first-order valence-corrected chi connectivity index (χ1v) is 10.3. The number of hydrogen-bond donors (Lipinski definition) is 1. The van der Waals surface area contributed by atoms with E-state index in [0.717, 1.165) is 28.5 Å². The van der Waals surface area contributed by atoms with Gasteiger partial charge in [0.05, 0.1) is 5.39 Å². The van der Waals surface area contributed by atoms with Crippen LogP contribution in [-0.4, -0.2) is 25.9 Å². The fourth-order valence-electron chi connectivity index (χ4n) is 2.77. The van der Waals surface area contributed by atoms with Crippen molar-refractivity contribution in [1.82, 2.24) is 9.55 Å². The molecule has 0 aliphatic rings. The summed E-state index contributed by atoms with van der Waals surface area (Å²) in [4.78, 5) is 29.9. The number of fused-ring (bicyclic) bond motifs is 1. The van der Waals surface area contributed by atoms with Gasteiger partial charge >= 0.3 is 5.97 Å². The van der Waals surface area contributed by atoms with Crippen molar-refractivity contribution in [3.05, 3.63) is 58.2 Å². The minimum absolute atomic E-state index is 0.167. The molecule has 3 aromatic rings. The number of aliphatic carboxylic acids is 1. The van der Waals surface area contributed by atoms with E-state index in [9.17, 15) is 14.7 Å². The Morgan fingerprint density at radius 3 is 2.70 bits per heavy atom. The average Bonchev–Trinajstić information content (AvgIpc) is 3.07. The number of carbonyl (C=O) groups is 1. The minimum atomic E-state index is -0.909. The number of carboxylic acids is 1. The number of rotatable bonds is 7. The molecule has 0 amide bonds. The van der Waals surface area contributed by atoms with Gasteiger partial charge in [-0.15, -0.1) is 17.9 Å². The lowest BCUT2D eigenvalue weighted by molar-refractivity contribution is -0.136. The van der Waals surface area contributed by atoms with Crippen LogP contribution < -0.4 is 5.56 Å². The van der Waals surface area contributed by atoms with Crippen LogP contribution in [0.2, 0.25) is 0 Å². The Bertz CT molecular complexity index is 1050. The van der Waals surface area contributed by atoms with E-state index in [0.29, 0.717) is 21.8 Å². The van der Waals surface area contributed by atoms with Crippen LogP contribution in [-0.2, 0) is 11.3 Å². The predicted molar refractivity (Wildman–Crippen MR) is 112 cm³/mol. The molecule has 27 heavy (non-hydrogen) atoms. The summed E-state index contributed by atoms with van der Waals surface area (Å²) in [5.41, 5.74) is 2.80. The minimum Gasteiger partial charge on any atom is -0.480 e. The number of aryl methyl sites for hydroxylation is 1. The normalized spacial score (nSPS) is 12.2. The zero-order chi connectivity index (χ0) is 19.6. The number of hydrogen-bond acceptors (Lipinski definition) is 5. The summed E-state index contributed by atoms with van der Waals surface area (Å²) >= 11 is 2.51. The molecule has 1 unspecified atom stereocenters. The number of carboxylic acid groups (broad SMARTS) is 1. The third kappa shape index (κ3) is 3.84. The summed E-state index contributed by atoms with van der Waals surface area (Å²) in [5, 5.41) is 11.6. The monoisotopic (exact) mass is 400 g/mol. The maximum absolute atomic E-state index is 13.2. The summed E-state index contributed by atoms with van der Waals surface area (Å²) in [6.45, 7) is 7.83. The van der Waals surface area contributed by atoms with Crippen LogP contribution in [0.25, 0.3) is 21.3 Å². The molecule has 0 aliphatic carbocycles. The summed E-state index contributed by atoms with van der Waals surface area (Å²) in [5.74, 6) is -0.909. The number of thiophene rings is 1. The van der Waals surface area contributed by atoms with Gasteiger partial charge in [-0.2, -0.15) is 0 Å². The lowest BCUT2D eigenvalue weighted by Gasteiger charge is -2.14. The first-order chi connectivity index (χ1) is 13.0. The molecule has 5 nitrogen and oxygen atoms in total. The molecule has 0 aliphatic heterocycles. The SMILES string of the molecule is C=CCn1c(SC(CC)C(=O)O)nc2scc(-c3ccc(C)cc3)c2c1=O. The van der Waals surface area contributed by atoms with Crippen LogP contribution in [0.4, 0.5) is 0 Å². The van der Waals surface area contributed by atoms with Crippen molar-refractivity contribution in [1.29, 1.82) is 0 Å². The highest BCUT2D eigenvalue weighted by Crippen LogP contribution is 2.33. The Labute approximate surface area is 165 Å². The van der Waals surface area contributed by atoms with Crippen LogP contribution in [0.1, 0.15) is 18.9 Å². The molecule has 1 N–H and O–H groups in total. The number of aromatic nitrogens is 2. The summed E-state index contributed by atoms with van der Waals surface area (Å²) in [6.07, 6.45) is 2.07. The Hall–Kier alpha value is -2.38. The average molecular weight is 401 g/mol. The summed E-state index contributed by atoms with van der Waals surface area (Å²) < 4.78 is 1.51. The van der Waals surface area contributed by atoms with Gasteiger partial charge < -0.3 is 5.11 Å². The number of benzene rings is 1. The van der Waals surface area contributed by atoms with Crippen LogP contribution in [0, 0.1) is 6.92 Å². The standard InChI is InChI=1S/C20H20N2O3S2/c1-4-10-22-18(23)16-14(13-8-6-12(3)7-9-13)11-26-17(16)21-20(22)27-15(5-2)19(24)25/h4,6-9,11,15H,1,5,10H2,2-3H3,(H,24,25). The molecule has 0 saturated heterocycles. The molecule has 1 aromatic carbocycles. The molecule has 2 heterocycles. The van der Waals surface area contributed by atoms with E-state index in [4.69, 9.17) is 0 Å². The van der Waals surface area contributed by atoms with Crippen molar-refractivity contribution in [2.45, 2.75) is 37.2 Å². The molecule has 0 fully saturated rings. The van der Waals surface area contributed by atoms with E-state index in [2.05, 4.69) is 11.6 Å². The zero-order valence-corrected chi connectivity index (χ0v) is 16.8. The zero-order valence-electron chi connectivity index (χ0n) is 15.1. The van der Waals surface area contributed by atoms with Gasteiger partial charge in [-0.1, -0.05) is 54.6 Å². The van der Waals surface area contributed by atoms with Crippen molar-refractivity contribution in [2.24, 2.45) is 0 Å². The molecule has 3 rings (SSSR count). The number of allylic oxidation sites excluding steroid dienone is 1. The Balaban J connectivity index is 2.19. The highest BCUT2D eigenvalue weighted by molar-refractivity contribution is 8.00. The molecular formula is C20H20N2O3S2. The second kappa shape index (κ2) is 8.10. The lowest BCUT2D eigenvalue weighted by atomic mass is 10.1. The van der Waals surface area contributed by atoms with Gasteiger partial charge in [0.15, 0.2) is 5.16 Å². The van der Waals surface area contributed by atoms with Gasteiger partial charge in [0, 0.05) is 17.5 Å². The molecule has 1 atom stereocenters. The van der Waals surface area contributed by atoms with E-state index >= 15 is 0 Å². The fourth-order valence-corrected chi connectivity index (χ4v) is 4.71. The maximum Gasteiger partial charge on any atom is 0.317 e. The third-order valence-corrected chi connectivity index (χ3v) is 6.44. The fraction of sp³-hybridized carbons (Fsp3) is 0.250. The van der Waals surface area contributed by atoms with Crippen molar-refractivity contribution in [3.63, 3.8) is 0 Å². The van der Waals surface area contributed by atoms with Gasteiger partial charge in [0.2, 0.25) is 0 Å². The second-order valence-corrected chi connectivity index (χ2v) is 8.18. The Kier molecular flexibility index (Phi) is 5.82. The van der Waals surface area contributed by atoms with Crippen LogP contribution in [0.3, 0.4) is 0 Å². The topological polar surface area (TPSA) is 72.2 Å². The second-order valence-electron chi connectivity index (χ2n) is 6.15. The highest BCUT2D eigenvalue weighted by atomic mass is 32.2. The Morgan fingerprint density at radius 2 is 2.11 bits per heavy atom. The van der Waals surface area contributed by atoms with E-state index in [1.807, 2.05) is 36.6 Å². The maximum atomic E-state index is 13.2. The molecule has 0 bridgehead atoms. The molecular weight excluding hydrogens is 380 g/mol. The van der Waals surface area contributed by atoms with Gasteiger partial charge in [-0.25, -0.2) is 4.98 Å². The van der Waals surface area contributed by atoms with Gasteiger partial charge in [0.1, 0.15) is 10.1 Å². The first-order valence-electron chi connectivity index (χ1n) is 8.55. The molecule has 7 heteroatoms. The number of nitrogens with zero attached hydrogens (tertiary/aromatic N) is 2. The highest BCUT2D eigenvalue weighted by Gasteiger charge is 2.22. The molecule has 0 radical (unpaired) electrons. The van der Waals surface area contributed by atoms with Crippen molar-refractivity contribution in [2.75, 3.05) is 0 Å². The Morgan fingerprint density at radius 1 is 1.41 bits per heavy atom. The largest absolute Gasteiger partial charge is 0.480 e. The molecule has 140 valence electrons. The summed E-state index contributed by atoms with van der Waals surface area (Å²) in [6, 6.07) is 8.01. The van der Waals surface area contributed by atoms with E-state index in [1.54, 1.807) is 13.0 Å². The van der Waals surface area contributed by atoms with Crippen molar-refractivity contribution in [3.8, 4) is 11.1 Å². The van der Waals surface area contributed by atoms with Crippen LogP contribution in [0.5, 0.6) is 0 Å². The van der Waals surface area contributed by atoms with E-state index < -0.39 is 11.2 Å². The van der Waals surface area contributed by atoms with E-state index in [-0.39, 0.29) is 12.1 Å². The molecule has 0 saturated carbocycles. The molecule has 2 aromatic heterocycles. The quantitative estimate of drug-likeness (QED) is 0.357. The van der Waals surface area contributed by atoms with Gasteiger partial charge in [-0.05, 0) is 18.9 Å². The molecule has 0 spiro atoms. The van der Waals surface area contributed by atoms with E-state index in [1.165, 1.54) is 15.9 Å².